The molecule has 1 aliphatic carbocycles. The molecule has 9 nitrogen and oxygen atoms in total. The molecular weight excluding hydrogens is 475 g/mol. The summed E-state index contributed by atoms with van der Waals surface area (Å²) in [5.41, 5.74) is -6.24. The molecule has 1 aromatic carbocycles. The van der Waals surface area contributed by atoms with E-state index >= 15 is 0 Å². The smallest absolute Gasteiger partial charge is 0.466 e. The molecule has 1 aliphatic heterocycles. The number of carbonyl (C=O) groups is 5. The SMILES string of the molecule is CCOC(=O)[C@@H]1C(C(C)=O)(C(C)=O)[C@]12C(=O)N(C(=O)OC(C)(C)C)c1ccc(OC(F)(F)F)cc12. The summed E-state index contributed by atoms with van der Waals surface area (Å²) >= 11 is 0. The number of hydrogen-bond acceptors (Lipinski definition) is 8. The molecule has 1 aromatic rings. The first kappa shape index (κ1) is 26.2. The Hall–Kier alpha value is -3.44. The minimum atomic E-state index is -5.10. The lowest BCUT2D eigenvalue weighted by molar-refractivity contribution is -0.274. The van der Waals surface area contributed by atoms with Crippen molar-refractivity contribution in [1.82, 2.24) is 0 Å². The second-order valence-electron chi connectivity index (χ2n) is 9.26. The number of esters is 1. The van der Waals surface area contributed by atoms with Gasteiger partial charge in [-0.2, -0.15) is 0 Å². The molecule has 0 N–H and O–H groups in total. The Bertz CT molecular complexity index is 1120. The highest BCUT2D eigenvalue weighted by Crippen LogP contribution is 2.75. The van der Waals surface area contributed by atoms with Crippen molar-refractivity contribution in [2.75, 3.05) is 11.5 Å². The van der Waals surface area contributed by atoms with Crippen LogP contribution in [0.2, 0.25) is 0 Å². The molecule has 1 spiro atoms. The highest BCUT2D eigenvalue weighted by atomic mass is 19.4. The van der Waals surface area contributed by atoms with E-state index in [1.165, 1.54) is 27.7 Å². The van der Waals surface area contributed by atoms with E-state index < -0.39 is 64.0 Å². The first-order chi connectivity index (χ1) is 16.0. The van der Waals surface area contributed by atoms with Crippen molar-refractivity contribution in [2.24, 2.45) is 11.3 Å². The van der Waals surface area contributed by atoms with Gasteiger partial charge in [0.15, 0.2) is 0 Å². The first-order valence-electron chi connectivity index (χ1n) is 10.6. The Balaban J connectivity index is 2.34. The minimum Gasteiger partial charge on any atom is -0.466 e. The van der Waals surface area contributed by atoms with Crippen LogP contribution in [0.1, 0.15) is 47.1 Å². The summed E-state index contributed by atoms with van der Waals surface area (Å²) in [6.45, 7) is 7.85. The highest BCUT2D eigenvalue weighted by Gasteiger charge is 2.92. The van der Waals surface area contributed by atoms with Crippen LogP contribution in [0.25, 0.3) is 0 Å². The number of fused-ring (bicyclic) bond motifs is 2. The fraction of sp³-hybridized carbons (Fsp3) is 0.522. The molecule has 35 heavy (non-hydrogen) atoms. The second kappa shape index (κ2) is 8.06. The largest absolute Gasteiger partial charge is 0.573 e. The van der Waals surface area contributed by atoms with Crippen LogP contribution in [-0.4, -0.2) is 48.1 Å². The molecule has 0 radical (unpaired) electrons. The summed E-state index contributed by atoms with van der Waals surface area (Å²) in [7, 11) is 0. The van der Waals surface area contributed by atoms with Crippen LogP contribution >= 0.6 is 0 Å². The van der Waals surface area contributed by atoms with Crippen LogP contribution in [0.3, 0.4) is 0 Å². The van der Waals surface area contributed by atoms with Gasteiger partial charge < -0.3 is 14.2 Å². The number of ketones is 2. The summed E-state index contributed by atoms with van der Waals surface area (Å²) in [4.78, 5) is 66.1. The van der Waals surface area contributed by atoms with Crippen LogP contribution in [0.4, 0.5) is 23.7 Å². The number of halogens is 3. The standard InChI is InChI=1S/C23H24F3NO8/c1-7-33-17(30)16-21(11(2)28,12(3)29)22(16)14-10-13(34-23(24,25)26)8-9-15(14)27(18(22)31)19(32)35-20(4,5)6/h8-10,16H,7H2,1-6H3/t16-,22+/m1/s1. The number of nitrogens with zero attached hydrogens (tertiary/aromatic N) is 1. The number of anilines is 1. The Morgan fingerprint density at radius 2 is 1.63 bits per heavy atom. The molecular formula is C23H24F3NO8. The van der Waals surface area contributed by atoms with Gasteiger partial charge in [-0.1, -0.05) is 0 Å². The van der Waals surface area contributed by atoms with Crippen molar-refractivity contribution in [2.45, 2.75) is 58.9 Å². The van der Waals surface area contributed by atoms with Gasteiger partial charge in [0.2, 0.25) is 5.91 Å². The van der Waals surface area contributed by atoms with Crippen molar-refractivity contribution in [3.63, 3.8) is 0 Å². The van der Waals surface area contributed by atoms with E-state index in [0.29, 0.717) is 4.90 Å². The van der Waals surface area contributed by atoms with E-state index in [4.69, 9.17) is 9.47 Å². The summed E-state index contributed by atoms with van der Waals surface area (Å²) in [6.07, 6.45) is -6.29. The van der Waals surface area contributed by atoms with Gasteiger partial charge in [-0.05, 0) is 65.3 Å². The zero-order valence-electron chi connectivity index (χ0n) is 19.9. The molecule has 1 saturated carbocycles. The molecule has 1 fully saturated rings. The number of alkyl halides is 3. The maximum absolute atomic E-state index is 13.9. The lowest BCUT2D eigenvalue weighted by atomic mass is 9.82. The zero-order chi connectivity index (χ0) is 26.7. The second-order valence-corrected chi connectivity index (χ2v) is 9.26. The summed E-state index contributed by atoms with van der Waals surface area (Å²) in [5, 5.41) is 0. The van der Waals surface area contributed by atoms with Gasteiger partial charge >= 0.3 is 18.4 Å². The fourth-order valence-electron chi connectivity index (χ4n) is 5.04. The van der Waals surface area contributed by atoms with Gasteiger partial charge in [0.25, 0.3) is 0 Å². The lowest BCUT2D eigenvalue weighted by Crippen LogP contribution is -2.44. The van der Waals surface area contributed by atoms with Crippen LogP contribution in [0, 0.1) is 11.3 Å². The number of ether oxygens (including phenoxy) is 3. The van der Waals surface area contributed by atoms with Crippen LogP contribution in [0.5, 0.6) is 5.75 Å². The van der Waals surface area contributed by atoms with Gasteiger partial charge in [0.05, 0.1) is 18.2 Å². The fourth-order valence-corrected chi connectivity index (χ4v) is 5.04. The van der Waals surface area contributed by atoms with Gasteiger partial charge in [-0.3, -0.25) is 19.2 Å². The van der Waals surface area contributed by atoms with Crippen molar-refractivity contribution < 1.29 is 51.4 Å². The summed E-state index contributed by atoms with van der Waals surface area (Å²) in [5.74, 6) is -6.47. The minimum absolute atomic E-state index is 0.161. The lowest BCUT2D eigenvalue weighted by Gasteiger charge is -2.24. The number of benzene rings is 1. The number of rotatable bonds is 5. The van der Waals surface area contributed by atoms with Crippen molar-refractivity contribution in [3.05, 3.63) is 23.8 Å². The molecule has 0 unspecified atom stereocenters. The topological polar surface area (TPSA) is 116 Å². The molecule has 2 amide bonds. The predicted molar refractivity (Wildman–Crippen MR) is 112 cm³/mol. The molecule has 190 valence electrons. The normalized spacial score (nSPS) is 22.5. The third kappa shape index (κ3) is 3.75. The summed E-state index contributed by atoms with van der Waals surface area (Å²) < 4.78 is 53.0. The zero-order valence-corrected chi connectivity index (χ0v) is 19.9. The number of amides is 2. The third-order valence-corrected chi connectivity index (χ3v) is 6.02. The number of Topliss-reactive ketones (excluding diaryl/α,β-unsaturated/α-hetero) is 2. The molecule has 0 saturated heterocycles. The van der Waals surface area contributed by atoms with Gasteiger partial charge in [-0.25, -0.2) is 9.69 Å². The van der Waals surface area contributed by atoms with Crippen molar-refractivity contribution in [1.29, 1.82) is 0 Å². The van der Waals surface area contributed by atoms with Crippen LogP contribution in [0.15, 0.2) is 18.2 Å². The maximum Gasteiger partial charge on any atom is 0.573 e. The van der Waals surface area contributed by atoms with E-state index in [2.05, 4.69) is 4.74 Å². The Morgan fingerprint density at radius 3 is 2.09 bits per heavy atom. The van der Waals surface area contributed by atoms with E-state index in [1.807, 2.05) is 0 Å². The molecule has 1 heterocycles. The molecule has 12 heteroatoms. The van der Waals surface area contributed by atoms with Crippen LogP contribution in [-0.2, 0) is 34.1 Å². The molecule has 0 bridgehead atoms. The highest BCUT2D eigenvalue weighted by molar-refractivity contribution is 6.33. The monoisotopic (exact) mass is 499 g/mol. The van der Waals surface area contributed by atoms with Crippen molar-refractivity contribution >= 4 is 35.2 Å². The summed E-state index contributed by atoms with van der Waals surface area (Å²) in [6, 6.07) is 2.66. The Labute approximate surface area is 198 Å². The van der Waals surface area contributed by atoms with Gasteiger partial charge in [0, 0.05) is 0 Å². The molecule has 2 aliphatic rings. The first-order valence-corrected chi connectivity index (χ1v) is 10.6. The number of imide groups is 1. The Morgan fingerprint density at radius 1 is 1.06 bits per heavy atom. The Kier molecular flexibility index (Phi) is 6.03. The molecule has 3 rings (SSSR count). The number of hydrogen-bond donors (Lipinski definition) is 0. The van der Waals surface area contributed by atoms with E-state index in [0.717, 1.165) is 32.0 Å². The maximum atomic E-state index is 13.9. The van der Waals surface area contributed by atoms with Gasteiger partial charge in [-0.15, -0.1) is 13.2 Å². The van der Waals surface area contributed by atoms with E-state index in [-0.39, 0.29) is 17.9 Å². The van der Waals surface area contributed by atoms with Crippen molar-refractivity contribution in [3.8, 4) is 5.75 Å². The molecule has 0 aromatic heterocycles. The van der Waals surface area contributed by atoms with Crippen LogP contribution < -0.4 is 9.64 Å². The van der Waals surface area contributed by atoms with E-state index in [1.54, 1.807) is 0 Å². The predicted octanol–water partition coefficient (Wildman–Crippen LogP) is 3.46. The average Bonchev–Trinajstić information content (AvgIpc) is 3.26. The number of carbonyl (C=O) groups excluding carboxylic acids is 5. The third-order valence-electron chi connectivity index (χ3n) is 6.02. The van der Waals surface area contributed by atoms with E-state index in [9.17, 15) is 37.1 Å². The quantitative estimate of drug-likeness (QED) is 0.447. The van der Waals surface area contributed by atoms with Gasteiger partial charge in [0.1, 0.15) is 33.7 Å². The average molecular weight is 499 g/mol. The molecule has 2 atom stereocenters.